The number of amides is 1. The van der Waals surface area contributed by atoms with E-state index in [0.717, 1.165) is 50.8 Å². The van der Waals surface area contributed by atoms with Crippen LogP contribution < -0.4 is 10.6 Å². The van der Waals surface area contributed by atoms with Gasteiger partial charge in [0.15, 0.2) is 5.96 Å². The van der Waals surface area contributed by atoms with E-state index in [0.29, 0.717) is 0 Å². The number of guanidine groups is 1. The summed E-state index contributed by atoms with van der Waals surface area (Å²) in [5, 5.41) is 6.03. The number of hydrogen-bond donors (Lipinski definition) is 2. The van der Waals surface area contributed by atoms with Crippen molar-refractivity contribution in [2.45, 2.75) is 12.8 Å². The maximum atomic E-state index is 12.0. The maximum Gasteiger partial charge on any atom is 0.243 e. The van der Waals surface area contributed by atoms with E-state index in [4.69, 9.17) is 4.74 Å². The average molecular weight is 316 g/mol. The van der Waals surface area contributed by atoms with Crippen molar-refractivity contribution >= 4 is 17.6 Å². The van der Waals surface area contributed by atoms with Gasteiger partial charge in [-0.3, -0.25) is 9.79 Å². The van der Waals surface area contributed by atoms with Gasteiger partial charge in [-0.2, -0.15) is 0 Å². The minimum absolute atomic E-state index is 0.0736. The third-order valence-electron chi connectivity index (χ3n) is 4.60. The summed E-state index contributed by atoms with van der Waals surface area (Å²) in [6.45, 7) is 3.83. The molecular formula is C17H24N4O2. The Bertz CT molecular complexity index is 567. The number of anilines is 1. The Hall–Kier alpha value is -2.08. The molecule has 6 heteroatoms. The molecule has 2 aliphatic rings. The van der Waals surface area contributed by atoms with Crippen molar-refractivity contribution in [2.75, 3.05) is 45.2 Å². The lowest BCUT2D eigenvalue weighted by molar-refractivity contribution is -0.115. The highest BCUT2D eigenvalue weighted by molar-refractivity contribution is 5.95. The lowest BCUT2D eigenvalue weighted by Gasteiger charge is -2.24. The largest absolute Gasteiger partial charge is 0.381 e. The number of para-hydroxylation sites is 1. The van der Waals surface area contributed by atoms with Gasteiger partial charge in [-0.25, -0.2) is 0 Å². The van der Waals surface area contributed by atoms with Crippen molar-refractivity contribution in [3.05, 3.63) is 30.3 Å². The number of carbonyl (C=O) groups is 1. The zero-order valence-electron chi connectivity index (χ0n) is 13.5. The fraction of sp³-hybridized carbons (Fsp3) is 0.529. The molecule has 2 saturated heterocycles. The fourth-order valence-electron chi connectivity index (χ4n) is 3.31. The van der Waals surface area contributed by atoms with Crippen LogP contribution in [0.4, 0.5) is 5.69 Å². The van der Waals surface area contributed by atoms with Gasteiger partial charge in [0.25, 0.3) is 0 Å². The summed E-state index contributed by atoms with van der Waals surface area (Å²) >= 11 is 0. The van der Waals surface area contributed by atoms with Crippen molar-refractivity contribution in [1.82, 2.24) is 10.2 Å². The van der Waals surface area contributed by atoms with Crippen molar-refractivity contribution < 1.29 is 9.53 Å². The summed E-state index contributed by atoms with van der Waals surface area (Å²) in [5.41, 5.74) is 1.08. The lowest BCUT2D eigenvalue weighted by Crippen LogP contribution is -2.44. The molecule has 0 aliphatic carbocycles. The van der Waals surface area contributed by atoms with E-state index < -0.39 is 0 Å². The first kappa shape index (κ1) is 15.8. The van der Waals surface area contributed by atoms with Crippen LogP contribution in [0.3, 0.4) is 0 Å². The number of aliphatic imine (C=N–C) groups is 1. The topological polar surface area (TPSA) is 66.0 Å². The van der Waals surface area contributed by atoms with Crippen LogP contribution in [-0.2, 0) is 9.53 Å². The highest BCUT2D eigenvalue weighted by atomic mass is 16.5. The summed E-state index contributed by atoms with van der Waals surface area (Å²) in [6, 6.07) is 9.46. The first-order valence-corrected chi connectivity index (χ1v) is 8.09. The van der Waals surface area contributed by atoms with Gasteiger partial charge in [0.05, 0.1) is 13.2 Å². The Balaban J connectivity index is 1.49. The first-order chi connectivity index (χ1) is 11.2. The zero-order chi connectivity index (χ0) is 16.1. The smallest absolute Gasteiger partial charge is 0.243 e. The molecule has 23 heavy (non-hydrogen) atoms. The SMILES string of the molecule is CN=C(NCC(=O)Nc1ccccc1)N1CCC2(CCOC2)C1. The van der Waals surface area contributed by atoms with Crippen molar-refractivity contribution in [3.63, 3.8) is 0 Å². The quantitative estimate of drug-likeness (QED) is 0.652. The molecule has 1 unspecified atom stereocenters. The van der Waals surface area contributed by atoms with Gasteiger partial charge in [0, 0.05) is 37.8 Å². The van der Waals surface area contributed by atoms with E-state index in [-0.39, 0.29) is 17.9 Å². The van der Waals surface area contributed by atoms with Crippen LogP contribution in [0.15, 0.2) is 35.3 Å². The number of ether oxygens (including phenoxy) is 1. The van der Waals surface area contributed by atoms with Crippen LogP contribution in [0, 0.1) is 5.41 Å². The monoisotopic (exact) mass is 316 g/mol. The van der Waals surface area contributed by atoms with Crippen LogP contribution in [0.1, 0.15) is 12.8 Å². The minimum atomic E-state index is -0.0736. The van der Waals surface area contributed by atoms with E-state index in [9.17, 15) is 4.79 Å². The van der Waals surface area contributed by atoms with Crippen LogP contribution in [0.25, 0.3) is 0 Å². The van der Waals surface area contributed by atoms with Gasteiger partial charge in [-0.1, -0.05) is 18.2 Å². The van der Waals surface area contributed by atoms with Crippen molar-refractivity contribution in [1.29, 1.82) is 0 Å². The molecule has 1 aromatic carbocycles. The van der Waals surface area contributed by atoms with Gasteiger partial charge in [-0.05, 0) is 25.0 Å². The molecule has 6 nitrogen and oxygen atoms in total. The third-order valence-corrected chi connectivity index (χ3v) is 4.60. The minimum Gasteiger partial charge on any atom is -0.381 e. The molecule has 1 atom stereocenters. The highest BCUT2D eigenvalue weighted by Gasteiger charge is 2.42. The van der Waals surface area contributed by atoms with E-state index in [1.54, 1.807) is 7.05 Å². The second kappa shape index (κ2) is 7.00. The summed E-state index contributed by atoms with van der Waals surface area (Å²) in [4.78, 5) is 18.6. The normalized spacial score (nSPS) is 24.2. The van der Waals surface area contributed by atoms with E-state index in [2.05, 4.69) is 20.5 Å². The molecule has 2 aliphatic heterocycles. The molecule has 2 heterocycles. The Morgan fingerprint density at radius 2 is 2.17 bits per heavy atom. The lowest BCUT2D eigenvalue weighted by atomic mass is 9.87. The molecule has 124 valence electrons. The van der Waals surface area contributed by atoms with Gasteiger partial charge in [-0.15, -0.1) is 0 Å². The Kier molecular flexibility index (Phi) is 4.81. The number of likely N-dealkylation sites (tertiary alicyclic amines) is 1. The molecule has 1 amide bonds. The van der Waals surface area contributed by atoms with Crippen LogP contribution >= 0.6 is 0 Å². The third kappa shape index (κ3) is 3.82. The molecule has 0 bridgehead atoms. The predicted molar refractivity (Wildman–Crippen MR) is 90.5 cm³/mol. The molecule has 0 saturated carbocycles. The van der Waals surface area contributed by atoms with E-state index in [1.165, 1.54) is 0 Å². The molecule has 0 aromatic heterocycles. The van der Waals surface area contributed by atoms with E-state index in [1.807, 2.05) is 30.3 Å². The maximum absolute atomic E-state index is 12.0. The molecule has 3 rings (SSSR count). The fourth-order valence-corrected chi connectivity index (χ4v) is 3.31. The number of nitrogens with zero attached hydrogens (tertiary/aromatic N) is 2. The second-order valence-electron chi connectivity index (χ2n) is 6.29. The van der Waals surface area contributed by atoms with Gasteiger partial charge >= 0.3 is 0 Å². The Morgan fingerprint density at radius 3 is 2.87 bits per heavy atom. The van der Waals surface area contributed by atoms with Gasteiger partial charge < -0.3 is 20.3 Å². The number of carbonyl (C=O) groups excluding carboxylic acids is 1. The molecular weight excluding hydrogens is 292 g/mol. The standard InChI is InChI=1S/C17H24N4O2/c1-18-16(21-9-7-17(12-21)8-10-23-13-17)19-11-15(22)20-14-5-3-2-4-6-14/h2-6H,7-13H2,1H3,(H,18,19)(H,20,22). The second-order valence-corrected chi connectivity index (χ2v) is 6.29. The van der Waals surface area contributed by atoms with Crippen LogP contribution in [0.2, 0.25) is 0 Å². The summed E-state index contributed by atoms with van der Waals surface area (Å²) < 4.78 is 5.56. The molecule has 1 aromatic rings. The number of benzene rings is 1. The summed E-state index contributed by atoms with van der Waals surface area (Å²) in [7, 11) is 1.76. The van der Waals surface area contributed by atoms with Gasteiger partial charge in [0.2, 0.25) is 5.91 Å². The van der Waals surface area contributed by atoms with Crippen LogP contribution in [0.5, 0.6) is 0 Å². The van der Waals surface area contributed by atoms with E-state index >= 15 is 0 Å². The average Bonchev–Trinajstić information content (AvgIpc) is 3.20. The molecule has 2 fully saturated rings. The van der Waals surface area contributed by atoms with Crippen molar-refractivity contribution in [2.24, 2.45) is 10.4 Å². The predicted octanol–water partition coefficient (Wildman–Crippen LogP) is 1.31. The molecule has 0 radical (unpaired) electrons. The number of hydrogen-bond acceptors (Lipinski definition) is 3. The number of nitrogens with one attached hydrogen (secondary N) is 2. The molecule has 1 spiro atoms. The first-order valence-electron chi connectivity index (χ1n) is 8.09. The van der Waals surface area contributed by atoms with Gasteiger partial charge in [0.1, 0.15) is 0 Å². The highest BCUT2D eigenvalue weighted by Crippen LogP contribution is 2.38. The summed E-state index contributed by atoms with van der Waals surface area (Å²) in [5.74, 6) is 0.715. The number of rotatable bonds is 3. The Morgan fingerprint density at radius 1 is 1.35 bits per heavy atom. The zero-order valence-corrected chi connectivity index (χ0v) is 13.5. The van der Waals surface area contributed by atoms with Crippen molar-refractivity contribution in [3.8, 4) is 0 Å². The summed E-state index contributed by atoms with van der Waals surface area (Å²) in [6.07, 6.45) is 2.25. The Labute approximate surface area is 136 Å². The van der Waals surface area contributed by atoms with Crippen LogP contribution in [-0.4, -0.2) is 56.7 Å². The molecule has 2 N–H and O–H groups in total.